The van der Waals surface area contributed by atoms with Crippen LogP contribution in [-0.2, 0) is 13.7 Å². The first-order valence-electron chi connectivity index (χ1n) is 4.71. The van der Waals surface area contributed by atoms with Crippen LogP contribution in [-0.4, -0.2) is 33.8 Å². The maximum atomic E-state index is 12.6. The molecule has 0 atom stereocenters. The van der Waals surface area contributed by atoms with Crippen molar-refractivity contribution in [2.24, 2.45) is 7.05 Å². The Labute approximate surface area is 94.8 Å². The van der Waals surface area contributed by atoms with Crippen LogP contribution in [0.5, 0.6) is 5.88 Å². The van der Waals surface area contributed by atoms with Crippen molar-refractivity contribution < 1.29 is 27.4 Å². The molecule has 1 N–H and O–H groups in total. The number of alkyl halides is 4. The second-order valence-electron chi connectivity index (χ2n) is 3.50. The molecular weight excluding hydrogens is 244 g/mol. The SMILES string of the molecule is Cc1nn(C)c(OCC(F)(F)C(F)F)c1CO. The quantitative estimate of drug-likeness (QED) is 0.812. The van der Waals surface area contributed by atoms with E-state index in [4.69, 9.17) is 5.11 Å². The minimum Gasteiger partial charge on any atom is -0.471 e. The summed E-state index contributed by atoms with van der Waals surface area (Å²) in [4.78, 5) is 0. The summed E-state index contributed by atoms with van der Waals surface area (Å²) in [6.45, 7) is -0.379. The van der Waals surface area contributed by atoms with E-state index < -0.39 is 25.6 Å². The molecule has 1 rings (SSSR count). The van der Waals surface area contributed by atoms with Crippen molar-refractivity contribution in [1.82, 2.24) is 9.78 Å². The molecule has 17 heavy (non-hydrogen) atoms. The van der Waals surface area contributed by atoms with E-state index in [0.717, 1.165) is 4.68 Å². The predicted molar refractivity (Wildman–Crippen MR) is 50.3 cm³/mol. The van der Waals surface area contributed by atoms with Gasteiger partial charge in [-0.05, 0) is 6.92 Å². The van der Waals surface area contributed by atoms with E-state index in [1.807, 2.05) is 0 Å². The number of aromatic nitrogens is 2. The number of hydrogen-bond donors (Lipinski definition) is 1. The van der Waals surface area contributed by atoms with Gasteiger partial charge in [-0.2, -0.15) is 13.9 Å². The number of aliphatic hydroxyl groups is 1. The number of aliphatic hydroxyl groups excluding tert-OH is 1. The molecule has 0 amide bonds. The van der Waals surface area contributed by atoms with Gasteiger partial charge in [-0.3, -0.25) is 0 Å². The minimum absolute atomic E-state index is 0.134. The molecule has 0 aliphatic carbocycles. The molecule has 1 aromatic rings. The highest BCUT2D eigenvalue weighted by molar-refractivity contribution is 5.30. The molecule has 0 radical (unpaired) electrons. The lowest BCUT2D eigenvalue weighted by atomic mass is 10.3. The summed E-state index contributed by atoms with van der Waals surface area (Å²) in [5, 5.41) is 12.8. The Morgan fingerprint density at radius 1 is 1.47 bits per heavy atom. The second kappa shape index (κ2) is 4.91. The lowest BCUT2D eigenvalue weighted by molar-refractivity contribution is -0.149. The largest absolute Gasteiger partial charge is 0.471 e. The fourth-order valence-electron chi connectivity index (χ4n) is 1.27. The average Bonchev–Trinajstić information content (AvgIpc) is 2.49. The van der Waals surface area contributed by atoms with E-state index in [0.29, 0.717) is 5.69 Å². The fourth-order valence-corrected chi connectivity index (χ4v) is 1.27. The smallest absolute Gasteiger partial charge is 0.340 e. The van der Waals surface area contributed by atoms with Crippen molar-refractivity contribution in [1.29, 1.82) is 0 Å². The van der Waals surface area contributed by atoms with Gasteiger partial charge in [0.15, 0.2) is 6.61 Å². The number of nitrogens with zero attached hydrogens (tertiary/aromatic N) is 2. The van der Waals surface area contributed by atoms with Crippen molar-refractivity contribution in [2.45, 2.75) is 25.9 Å². The van der Waals surface area contributed by atoms with E-state index in [1.165, 1.54) is 7.05 Å². The molecule has 0 saturated heterocycles. The van der Waals surface area contributed by atoms with Gasteiger partial charge in [0.25, 0.3) is 0 Å². The highest BCUT2D eigenvalue weighted by Crippen LogP contribution is 2.26. The Bertz CT molecular complexity index is 393. The summed E-state index contributed by atoms with van der Waals surface area (Å²) in [7, 11) is 1.40. The zero-order chi connectivity index (χ0) is 13.2. The molecule has 0 saturated carbocycles. The van der Waals surface area contributed by atoms with Gasteiger partial charge in [0.05, 0.1) is 17.9 Å². The summed E-state index contributed by atoms with van der Waals surface area (Å²) in [6, 6.07) is 0. The van der Waals surface area contributed by atoms with Crippen molar-refractivity contribution in [3.05, 3.63) is 11.3 Å². The standard InChI is InChI=1S/C9H12F4N2O2/c1-5-6(3-16)7(15(2)14-5)17-4-9(12,13)8(10)11/h8,16H,3-4H2,1-2H3. The molecule has 98 valence electrons. The monoisotopic (exact) mass is 256 g/mol. The third kappa shape index (κ3) is 2.87. The molecule has 0 bridgehead atoms. The van der Waals surface area contributed by atoms with Crippen LogP contribution in [0.15, 0.2) is 0 Å². The summed E-state index contributed by atoms with van der Waals surface area (Å²) >= 11 is 0. The van der Waals surface area contributed by atoms with Gasteiger partial charge in [-0.25, -0.2) is 13.5 Å². The van der Waals surface area contributed by atoms with E-state index in [9.17, 15) is 17.6 Å². The first-order valence-corrected chi connectivity index (χ1v) is 4.71. The van der Waals surface area contributed by atoms with Gasteiger partial charge < -0.3 is 9.84 Å². The van der Waals surface area contributed by atoms with Crippen LogP contribution in [0.2, 0.25) is 0 Å². The molecule has 8 heteroatoms. The Morgan fingerprint density at radius 2 is 2.06 bits per heavy atom. The van der Waals surface area contributed by atoms with Gasteiger partial charge in [-0.15, -0.1) is 0 Å². The first-order chi connectivity index (χ1) is 7.79. The molecule has 0 spiro atoms. The van der Waals surface area contributed by atoms with Crippen molar-refractivity contribution in [3.8, 4) is 5.88 Å². The van der Waals surface area contributed by atoms with E-state index >= 15 is 0 Å². The zero-order valence-corrected chi connectivity index (χ0v) is 9.25. The number of ether oxygens (including phenoxy) is 1. The molecule has 0 aliphatic rings. The van der Waals surface area contributed by atoms with Crippen molar-refractivity contribution in [3.63, 3.8) is 0 Å². The lowest BCUT2D eigenvalue weighted by Crippen LogP contribution is -2.34. The molecule has 1 heterocycles. The second-order valence-corrected chi connectivity index (χ2v) is 3.50. The third-order valence-corrected chi connectivity index (χ3v) is 2.17. The number of halogens is 4. The summed E-state index contributed by atoms with van der Waals surface area (Å²) < 4.78 is 54.8. The van der Waals surface area contributed by atoms with Crippen LogP contribution < -0.4 is 4.74 Å². The fraction of sp³-hybridized carbons (Fsp3) is 0.667. The van der Waals surface area contributed by atoms with Crippen LogP contribution in [0.4, 0.5) is 17.6 Å². The molecule has 0 fully saturated rings. The van der Waals surface area contributed by atoms with Crippen LogP contribution >= 0.6 is 0 Å². The number of hydrogen-bond acceptors (Lipinski definition) is 3. The molecule has 0 aliphatic heterocycles. The Balaban J connectivity index is 2.82. The average molecular weight is 256 g/mol. The predicted octanol–water partition coefficient (Wildman–Crippen LogP) is 1.50. The molecule has 4 nitrogen and oxygen atoms in total. The number of rotatable bonds is 5. The summed E-state index contributed by atoms with van der Waals surface area (Å²) in [6.07, 6.45) is -3.80. The lowest BCUT2D eigenvalue weighted by Gasteiger charge is -2.16. The van der Waals surface area contributed by atoms with Crippen molar-refractivity contribution in [2.75, 3.05) is 6.61 Å². The molecule has 0 unspecified atom stereocenters. The molecule has 1 aromatic heterocycles. The Hall–Kier alpha value is -1.31. The summed E-state index contributed by atoms with van der Waals surface area (Å²) in [5.74, 6) is -4.37. The Kier molecular flexibility index (Phi) is 3.97. The highest BCUT2D eigenvalue weighted by Gasteiger charge is 2.42. The van der Waals surface area contributed by atoms with Gasteiger partial charge in [0.1, 0.15) is 0 Å². The third-order valence-electron chi connectivity index (χ3n) is 2.17. The molecular formula is C9H12F4N2O2. The van der Waals surface area contributed by atoms with E-state index in [2.05, 4.69) is 9.84 Å². The zero-order valence-electron chi connectivity index (χ0n) is 9.25. The minimum atomic E-state index is -4.23. The highest BCUT2D eigenvalue weighted by atomic mass is 19.3. The van der Waals surface area contributed by atoms with Gasteiger partial charge in [0.2, 0.25) is 5.88 Å². The first kappa shape index (κ1) is 13.8. The van der Waals surface area contributed by atoms with Crippen molar-refractivity contribution >= 4 is 0 Å². The maximum Gasteiger partial charge on any atom is 0.340 e. The molecule has 0 aromatic carbocycles. The summed E-state index contributed by atoms with van der Waals surface area (Å²) in [5.41, 5.74) is 0.600. The topological polar surface area (TPSA) is 47.3 Å². The number of aryl methyl sites for hydroxylation is 2. The van der Waals surface area contributed by atoms with E-state index in [-0.39, 0.29) is 11.4 Å². The Morgan fingerprint density at radius 3 is 2.53 bits per heavy atom. The van der Waals surface area contributed by atoms with Gasteiger partial charge >= 0.3 is 12.3 Å². The normalized spacial score (nSPS) is 12.2. The van der Waals surface area contributed by atoms with Gasteiger partial charge in [0, 0.05) is 7.05 Å². The van der Waals surface area contributed by atoms with Crippen LogP contribution in [0, 0.1) is 6.92 Å². The van der Waals surface area contributed by atoms with Crippen LogP contribution in [0.1, 0.15) is 11.3 Å². The maximum absolute atomic E-state index is 12.6. The van der Waals surface area contributed by atoms with Crippen LogP contribution in [0.25, 0.3) is 0 Å². The van der Waals surface area contributed by atoms with Gasteiger partial charge in [-0.1, -0.05) is 0 Å². The van der Waals surface area contributed by atoms with E-state index in [1.54, 1.807) is 6.92 Å². The van der Waals surface area contributed by atoms with Crippen LogP contribution in [0.3, 0.4) is 0 Å².